The van der Waals surface area contributed by atoms with Crippen LogP contribution < -0.4 is 5.32 Å². The Kier molecular flexibility index (Phi) is 4.60. The molecule has 1 aromatic carbocycles. The molecule has 3 aromatic heterocycles. The van der Waals surface area contributed by atoms with E-state index in [2.05, 4.69) is 63.3 Å². The number of pyridine rings is 1. The van der Waals surface area contributed by atoms with E-state index in [0.29, 0.717) is 5.92 Å². The van der Waals surface area contributed by atoms with E-state index < -0.39 is 0 Å². The molecule has 0 saturated carbocycles. The van der Waals surface area contributed by atoms with E-state index in [1.165, 1.54) is 33.4 Å². The van der Waals surface area contributed by atoms with Crippen LogP contribution in [0.3, 0.4) is 0 Å². The number of thiophene rings is 1. The van der Waals surface area contributed by atoms with E-state index in [1.807, 2.05) is 6.07 Å². The minimum atomic E-state index is -0.00416. The molecule has 1 saturated heterocycles. The number of carbonyl (C=O) groups is 1. The number of benzene rings is 1. The summed E-state index contributed by atoms with van der Waals surface area (Å²) in [6.45, 7) is 2.94. The molecule has 1 aliphatic rings. The SMILES string of the molecule is CNC(=O)c1sc2ncccc2c1[C@H]1CCN(Cc2cn(C)c3ccccc23)C1. The molecule has 4 heterocycles. The van der Waals surface area contributed by atoms with E-state index >= 15 is 0 Å². The number of fused-ring (bicyclic) bond motifs is 2. The van der Waals surface area contributed by atoms with Crippen molar-refractivity contribution in [2.24, 2.45) is 7.05 Å². The number of hydrogen-bond acceptors (Lipinski definition) is 4. The third-order valence-electron chi connectivity index (χ3n) is 5.99. The molecule has 5 rings (SSSR count). The van der Waals surface area contributed by atoms with E-state index in [4.69, 9.17) is 0 Å². The number of carbonyl (C=O) groups excluding carboxylic acids is 1. The van der Waals surface area contributed by atoms with Crippen molar-refractivity contribution in [3.05, 3.63) is 64.8 Å². The summed E-state index contributed by atoms with van der Waals surface area (Å²) in [4.78, 5) is 21.3. The topological polar surface area (TPSA) is 50.2 Å². The monoisotopic (exact) mass is 404 g/mol. The molecule has 0 unspecified atom stereocenters. The Morgan fingerprint density at radius 2 is 2.07 bits per heavy atom. The fourth-order valence-corrected chi connectivity index (χ4v) is 5.82. The Balaban J connectivity index is 1.44. The maximum Gasteiger partial charge on any atom is 0.261 e. The summed E-state index contributed by atoms with van der Waals surface area (Å²) >= 11 is 1.51. The van der Waals surface area contributed by atoms with Gasteiger partial charge < -0.3 is 9.88 Å². The minimum absolute atomic E-state index is 0.00416. The highest BCUT2D eigenvalue weighted by Crippen LogP contribution is 2.39. The quantitative estimate of drug-likeness (QED) is 0.556. The number of rotatable bonds is 4. The second kappa shape index (κ2) is 7.28. The summed E-state index contributed by atoms with van der Waals surface area (Å²) in [5, 5.41) is 5.27. The van der Waals surface area contributed by atoms with Gasteiger partial charge in [-0.25, -0.2) is 4.98 Å². The highest BCUT2D eigenvalue weighted by molar-refractivity contribution is 7.20. The number of amides is 1. The van der Waals surface area contributed by atoms with Gasteiger partial charge in [0.25, 0.3) is 5.91 Å². The van der Waals surface area contributed by atoms with Gasteiger partial charge in [-0.3, -0.25) is 9.69 Å². The van der Waals surface area contributed by atoms with Crippen LogP contribution in [-0.4, -0.2) is 40.5 Å². The second-order valence-corrected chi connectivity index (χ2v) is 8.78. The van der Waals surface area contributed by atoms with Crippen molar-refractivity contribution in [1.82, 2.24) is 19.8 Å². The first-order chi connectivity index (χ1) is 14.2. The van der Waals surface area contributed by atoms with Gasteiger partial charge in [-0.05, 0) is 36.2 Å². The van der Waals surface area contributed by atoms with Crippen molar-refractivity contribution in [3.8, 4) is 0 Å². The van der Waals surface area contributed by atoms with Crippen LogP contribution in [-0.2, 0) is 13.6 Å². The summed E-state index contributed by atoms with van der Waals surface area (Å²) in [6.07, 6.45) is 5.12. The van der Waals surface area contributed by atoms with Crippen molar-refractivity contribution in [2.75, 3.05) is 20.1 Å². The number of aromatic nitrogens is 2. The van der Waals surface area contributed by atoms with Crippen LogP contribution in [0.15, 0.2) is 48.8 Å². The molecule has 1 N–H and O–H groups in total. The summed E-state index contributed by atoms with van der Waals surface area (Å²) in [5.41, 5.74) is 3.82. The molecule has 5 nitrogen and oxygen atoms in total. The summed E-state index contributed by atoms with van der Waals surface area (Å²) in [7, 11) is 3.81. The van der Waals surface area contributed by atoms with Crippen LogP contribution in [0.2, 0.25) is 0 Å². The maximum absolute atomic E-state index is 12.5. The standard InChI is InChI=1S/C23H24N4OS/c1-24-22(28)21-20(18-7-5-10-25-23(18)29-21)15-9-11-27(13-15)14-16-12-26(2)19-8-4-3-6-17(16)19/h3-8,10,12,15H,9,11,13-14H2,1-2H3,(H,24,28)/t15-/m0/s1. The first-order valence-corrected chi connectivity index (χ1v) is 10.8. The number of aryl methyl sites for hydroxylation is 1. The molecule has 1 atom stereocenters. The Bertz CT molecular complexity index is 1210. The highest BCUT2D eigenvalue weighted by atomic mass is 32.1. The summed E-state index contributed by atoms with van der Waals surface area (Å²) in [5.74, 6) is 0.353. The molecular weight excluding hydrogens is 380 g/mol. The Labute approximate surface area is 174 Å². The molecule has 148 valence electrons. The molecule has 0 spiro atoms. The fraction of sp³-hybridized carbons (Fsp3) is 0.304. The number of hydrogen-bond donors (Lipinski definition) is 1. The average Bonchev–Trinajstić information content (AvgIpc) is 3.44. The largest absolute Gasteiger partial charge is 0.354 e. The molecule has 1 amide bonds. The van der Waals surface area contributed by atoms with Crippen LogP contribution in [0.1, 0.15) is 33.1 Å². The lowest BCUT2D eigenvalue weighted by Gasteiger charge is -2.16. The fourth-order valence-electron chi connectivity index (χ4n) is 4.64. The number of nitrogens with one attached hydrogen (secondary N) is 1. The maximum atomic E-state index is 12.5. The molecule has 0 radical (unpaired) electrons. The van der Waals surface area contributed by atoms with Gasteiger partial charge in [-0.15, -0.1) is 11.3 Å². The van der Waals surface area contributed by atoms with Crippen LogP contribution in [0, 0.1) is 0 Å². The van der Waals surface area contributed by atoms with E-state index in [-0.39, 0.29) is 5.91 Å². The van der Waals surface area contributed by atoms with Gasteiger partial charge in [-0.2, -0.15) is 0 Å². The Morgan fingerprint density at radius 3 is 2.93 bits per heavy atom. The number of likely N-dealkylation sites (tertiary alicyclic amines) is 1. The summed E-state index contributed by atoms with van der Waals surface area (Å²) < 4.78 is 2.21. The Hall–Kier alpha value is -2.70. The molecule has 1 aliphatic heterocycles. The van der Waals surface area contributed by atoms with Crippen molar-refractivity contribution in [1.29, 1.82) is 0 Å². The van der Waals surface area contributed by atoms with Crippen molar-refractivity contribution in [2.45, 2.75) is 18.9 Å². The Morgan fingerprint density at radius 1 is 1.24 bits per heavy atom. The van der Waals surface area contributed by atoms with Crippen molar-refractivity contribution in [3.63, 3.8) is 0 Å². The smallest absolute Gasteiger partial charge is 0.261 e. The van der Waals surface area contributed by atoms with E-state index in [1.54, 1.807) is 13.2 Å². The van der Waals surface area contributed by atoms with Gasteiger partial charge >= 0.3 is 0 Å². The van der Waals surface area contributed by atoms with Gasteiger partial charge in [-0.1, -0.05) is 24.3 Å². The van der Waals surface area contributed by atoms with Crippen LogP contribution in [0.25, 0.3) is 21.1 Å². The zero-order valence-electron chi connectivity index (χ0n) is 16.7. The molecule has 4 aromatic rings. The zero-order chi connectivity index (χ0) is 20.0. The third-order valence-corrected chi connectivity index (χ3v) is 7.12. The van der Waals surface area contributed by atoms with Gasteiger partial charge in [0, 0.05) is 61.8 Å². The van der Waals surface area contributed by atoms with E-state index in [9.17, 15) is 4.79 Å². The predicted molar refractivity (Wildman–Crippen MR) is 119 cm³/mol. The van der Waals surface area contributed by atoms with Gasteiger partial charge in [0.05, 0.1) is 4.88 Å². The lowest BCUT2D eigenvalue weighted by atomic mass is 9.95. The molecule has 0 bridgehead atoms. The van der Waals surface area contributed by atoms with E-state index in [0.717, 1.165) is 41.1 Å². The highest BCUT2D eigenvalue weighted by Gasteiger charge is 2.31. The van der Waals surface area contributed by atoms with Gasteiger partial charge in [0.2, 0.25) is 0 Å². The molecule has 6 heteroatoms. The normalized spacial score (nSPS) is 17.4. The first kappa shape index (κ1) is 18.3. The molecular formula is C23H24N4OS. The number of para-hydroxylation sites is 1. The lowest BCUT2D eigenvalue weighted by Crippen LogP contribution is -2.21. The second-order valence-electron chi connectivity index (χ2n) is 7.78. The van der Waals surface area contributed by atoms with Crippen molar-refractivity contribution < 1.29 is 4.79 Å². The number of nitrogens with zero attached hydrogens (tertiary/aromatic N) is 3. The minimum Gasteiger partial charge on any atom is -0.354 e. The summed E-state index contributed by atoms with van der Waals surface area (Å²) in [6, 6.07) is 12.7. The zero-order valence-corrected chi connectivity index (χ0v) is 17.5. The van der Waals surface area contributed by atoms with Crippen molar-refractivity contribution >= 4 is 38.4 Å². The molecule has 1 fully saturated rings. The third kappa shape index (κ3) is 3.12. The predicted octanol–water partition coefficient (Wildman–Crippen LogP) is 4.14. The average molecular weight is 405 g/mol. The first-order valence-electron chi connectivity index (χ1n) is 10.0. The van der Waals surface area contributed by atoms with Crippen LogP contribution in [0.4, 0.5) is 0 Å². The van der Waals surface area contributed by atoms with Crippen LogP contribution >= 0.6 is 11.3 Å². The van der Waals surface area contributed by atoms with Gasteiger partial charge in [0.1, 0.15) is 4.83 Å². The molecule has 29 heavy (non-hydrogen) atoms. The lowest BCUT2D eigenvalue weighted by molar-refractivity contribution is 0.0966. The van der Waals surface area contributed by atoms with Crippen LogP contribution in [0.5, 0.6) is 0 Å². The van der Waals surface area contributed by atoms with Gasteiger partial charge in [0.15, 0.2) is 0 Å². The molecule has 0 aliphatic carbocycles.